The summed E-state index contributed by atoms with van der Waals surface area (Å²) in [5.41, 5.74) is 0.704. The fraction of sp³-hybridized carbons (Fsp3) is 0.471. The van der Waals surface area contributed by atoms with Gasteiger partial charge in [0.25, 0.3) is 5.91 Å². The molecule has 0 spiro atoms. The molecule has 2 N–H and O–H groups in total. The van der Waals surface area contributed by atoms with E-state index in [1.807, 2.05) is 0 Å². The van der Waals surface area contributed by atoms with E-state index in [1.54, 1.807) is 0 Å². The SMILES string of the molecule is O=C(NC(C1CC1)C1CC1)c1cc(F)ccc1C#CCO. The number of benzene rings is 1. The summed E-state index contributed by atoms with van der Waals surface area (Å²) >= 11 is 0. The van der Waals surface area contributed by atoms with Gasteiger partial charge in [-0.2, -0.15) is 0 Å². The second-order valence-corrected chi connectivity index (χ2v) is 5.82. The van der Waals surface area contributed by atoms with Crippen LogP contribution in [-0.2, 0) is 0 Å². The molecule has 0 radical (unpaired) electrons. The van der Waals surface area contributed by atoms with E-state index in [2.05, 4.69) is 17.2 Å². The van der Waals surface area contributed by atoms with Gasteiger partial charge < -0.3 is 10.4 Å². The Hall–Kier alpha value is -1.86. The molecule has 2 saturated carbocycles. The first kappa shape index (κ1) is 14.1. The maximum Gasteiger partial charge on any atom is 0.252 e. The average Bonchev–Trinajstić information content (AvgIpc) is 3.36. The molecule has 2 aliphatic carbocycles. The van der Waals surface area contributed by atoms with Crippen molar-refractivity contribution in [1.82, 2.24) is 5.32 Å². The zero-order valence-corrected chi connectivity index (χ0v) is 11.7. The lowest BCUT2D eigenvalue weighted by molar-refractivity contribution is 0.0925. The first-order chi connectivity index (χ1) is 10.2. The number of hydrogen-bond acceptors (Lipinski definition) is 2. The summed E-state index contributed by atoms with van der Waals surface area (Å²) in [6, 6.07) is 4.20. The van der Waals surface area contributed by atoms with E-state index in [0.717, 1.165) is 0 Å². The zero-order chi connectivity index (χ0) is 14.8. The summed E-state index contributed by atoms with van der Waals surface area (Å²) in [6.07, 6.45) is 4.67. The summed E-state index contributed by atoms with van der Waals surface area (Å²) in [5, 5.41) is 11.8. The highest BCUT2D eigenvalue weighted by molar-refractivity contribution is 5.97. The molecule has 0 unspecified atom stereocenters. The predicted octanol–water partition coefficient (Wildman–Crippen LogP) is 2.09. The van der Waals surface area contributed by atoms with Gasteiger partial charge in [-0.05, 0) is 55.7 Å². The maximum absolute atomic E-state index is 13.4. The van der Waals surface area contributed by atoms with Crippen LogP contribution in [0.1, 0.15) is 41.6 Å². The predicted molar refractivity (Wildman–Crippen MR) is 77.1 cm³/mol. The van der Waals surface area contributed by atoms with E-state index in [-0.39, 0.29) is 24.1 Å². The van der Waals surface area contributed by atoms with Crippen LogP contribution in [0.4, 0.5) is 4.39 Å². The molecule has 1 amide bonds. The Labute approximate surface area is 123 Å². The number of aliphatic hydroxyl groups excluding tert-OH is 1. The van der Waals surface area contributed by atoms with Gasteiger partial charge in [-0.3, -0.25) is 4.79 Å². The second kappa shape index (κ2) is 5.87. The minimum absolute atomic E-state index is 0.222. The Morgan fingerprint density at radius 1 is 1.33 bits per heavy atom. The van der Waals surface area contributed by atoms with Crippen LogP contribution in [0.5, 0.6) is 0 Å². The summed E-state index contributed by atoms with van der Waals surface area (Å²) in [7, 11) is 0. The number of rotatable bonds is 4. The molecule has 110 valence electrons. The lowest BCUT2D eigenvalue weighted by Crippen LogP contribution is -2.38. The third-order valence-corrected chi connectivity index (χ3v) is 4.09. The molecular weight excluding hydrogens is 269 g/mol. The van der Waals surface area contributed by atoms with Gasteiger partial charge in [0.05, 0.1) is 5.56 Å². The van der Waals surface area contributed by atoms with E-state index in [1.165, 1.54) is 43.9 Å². The Balaban J connectivity index is 1.80. The second-order valence-electron chi connectivity index (χ2n) is 5.82. The Morgan fingerprint density at radius 3 is 2.57 bits per heavy atom. The Morgan fingerprint density at radius 2 is 2.00 bits per heavy atom. The van der Waals surface area contributed by atoms with Gasteiger partial charge in [-0.15, -0.1) is 0 Å². The molecule has 4 heteroatoms. The van der Waals surface area contributed by atoms with Crippen LogP contribution in [0, 0.1) is 29.5 Å². The van der Waals surface area contributed by atoms with Gasteiger partial charge in [0.1, 0.15) is 12.4 Å². The molecule has 1 aromatic rings. The lowest BCUT2D eigenvalue weighted by Gasteiger charge is -2.18. The van der Waals surface area contributed by atoms with Crippen molar-refractivity contribution in [1.29, 1.82) is 0 Å². The zero-order valence-electron chi connectivity index (χ0n) is 11.7. The van der Waals surface area contributed by atoms with E-state index in [9.17, 15) is 9.18 Å². The molecule has 2 aliphatic rings. The summed E-state index contributed by atoms with van der Waals surface area (Å²) < 4.78 is 13.4. The topological polar surface area (TPSA) is 49.3 Å². The highest BCUT2D eigenvalue weighted by Gasteiger charge is 2.42. The van der Waals surface area contributed by atoms with Crippen LogP contribution in [-0.4, -0.2) is 23.7 Å². The van der Waals surface area contributed by atoms with E-state index in [0.29, 0.717) is 17.4 Å². The summed E-state index contributed by atoms with van der Waals surface area (Å²) in [6.45, 7) is -0.286. The molecule has 0 heterocycles. The van der Waals surface area contributed by atoms with Crippen LogP contribution in [0.25, 0.3) is 0 Å². The Kier molecular flexibility index (Phi) is 3.94. The summed E-state index contributed by atoms with van der Waals surface area (Å²) in [5.74, 6) is 5.66. The standard InChI is InChI=1S/C17H18FNO2/c18-14-8-7-11(2-1-9-20)15(10-14)17(21)19-16(12-3-4-12)13-5-6-13/h7-8,10,12-13,16,20H,3-6,9H2,(H,19,21). The number of carbonyl (C=O) groups is 1. The van der Waals surface area contributed by atoms with E-state index >= 15 is 0 Å². The molecule has 0 aromatic heterocycles. The molecule has 21 heavy (non-hydrogen) atoms. The molecule has 3 rings (SSSR count). The van der Waals surface area contributed by atoms with E-state index < -0.39 is 5.82 Å². The highest BCUT2D eigenvalue weighted by atomic mass is 19.1. The normalized spacial score (nSPS) is 17.3. The third-order valence-electron chi connectivity index (χ3n) is 4.09. The van der Waals surface area contributed by atoms with Crippen molar-refractivity contribution in [2.75, 3.05) is 6.61 Å². The number of nitrogens with one attached hydrogen (secondary N) is 1. The van der Waals surface area contributed by atoms with Gasteiger partial charge >= 0.3 is 0 Å². The van der Waals surface area contributed by atoms with Gasteiger partial charge in [0, 0.05) is 11.6 Å². The van der Waals surface area contributed by atoms with Crippen molar-refractivity contribution in [2.24, 2.45) is 11.8 Å². The molecule has 0 aliphatic heterocycles. The van der Waals surface area contributed by atoms with Crippen molar-refractivity contribution in [3.05, 3.63) is 35.1 Å². The molecule has 3 nitrogen and oxygen atoms in total. The van der Waals surface area contributed by atoms with Gasteiger partial charge in [-0.1, -0.05) is 11.8 Å². The molecule has 2 fully saturated rings. The average molecular weight is 287 g/mol. The summed E-state index contributed by atoms with van der Waals surface area (Å²) in [4.78, 5) is 12.4. The Bertz CT molecular complexity index is 597. The van der Waals surface area contributed by atoms with E-state index in [4.69, 9.17) is 5.11 Å². The smallest absolute Gasteiger partial charge is 0.252 e. The molecule has 0 bridgehead atoms. The van der Waals surface area contributed by atoms with Crippen molar-refractivity contribution in [2.45, 2.75) is 31.7 Å². The van der Waals surface area contributed by atoms with Crippen molar-refractivity contribution in [3.8, 4) is 11.8 Å². The quantitative estimate of drug-likeness (QED) is 0.833. The molecule has 0 atom stereocenters. The minimum atomic E-state index is -0.455. The van der Waals surface area contributed by atoms with Crippen LogP contribution in [0.3, 0.4) is 0 Å². The van der Waals surface area contributed by atoms with Gasteiger partial charge in [-0.25, -0.2) is 4.39 Å². The first-order valence-electron chi connectivity index (χ1n) is 7.39. The molecular formula is C17H18FNO2. The number of aliphatic hydroxyl groups is 1. The maximum atomic E-state index is 13.4. The van der Waals surface area contributed by atoms with Crippen LogP contribution >= 0.6 is 0 Å². The van der Waals surface area contributed by atoms with Crippen molar-refractivity contribution in [3.63, 3.8) is 0 Å². The molecule has 1 aromatic carbocycles. The number of carbonyl (C=O) groups excluding carboxylic acids is 1. The van der Waals surface area contributed by atoms with Gasteiger partial charge in [0.15, 0.2) is 0 Å². The number of amides is 1. The highest BCUT2D eigenvalue weighted by Crippen LogP contribution is 2.44. The number of hydrogen-bond donors (Lipinski definition) is 2. The largest absolute Gasteiger partial charge is 0.384 e. The van der Waals surface area contributed by atoms with Crippen LogP contribution < -0.4 is 5.32 Å². The molecule has 0 saturated heterocycles. The lowest BCUT2D eigenvalue weighted by atomic mass is 10.0. The third kappa shape index (κ3) is 3.43. The minimum Gasteiger partial charge on any atom is -0.384 e. The van der Waals surface area contributed by atoms with Crippen molar-refractivity contribution < 1.29 is 14.3 Å². The van der Waals surface area contributed by atoms with Crippen LogP contribution in [0.15, 0.2) is 18.2 Å². The van der Waals surface area contributed by atoms with Gasteiger partial charge in [0.2, 0.25) is 0 Å². The number of halogens is 1. The fourth-order valence-corrected chi connectivity index (χ4v) is 2.71. The van der Waals surface area contributed by atoms with Crippen molar-refractivity contribution >= 4 is 5.91 Å². The fourth-order valence-electron chi connectivity index (χ4n) is 2.71. The van der Waals surface area contributed by atoms with Crippen LogP contribution in [0.2, 0.25) is 0 Å². The monoisotopic (exact) mass is 287 g/mol. The first-order valence-corrected chi connectivity index (χ1v) is 7.39.